The Morgan fingerprint density at radius 2 is 2.13 bits per heavy atom. The lowest BCUT2D eigenvalue weighted by molar-refractivity contribution is 0.636. The molecule has 0 aromatic carbocycles. The second-order valence-corrected chi connectivity index (χ2v) is 5.35. The van der Waals surface area contributed by atoms with E-state index in [4.69, 9.17) is 0 Å². The number of halogens is 1. The highest BCUT2D eigenvalue weighted by atomic mass is 127. The van der Waals surface area contributed by atoms with Gasteiger partial charge in [0.25, 0.3) is 0 Å². The molecule has 0 unspecified atom stereocenters. The van der Waals surface area contributed by atoms with E-state index in [1.807, 2.05) is 6.20 Å². The Bertz CT molecular complexity index is 480. The van der Waals surface area contributed by atoms with Crippen molar-refractivity contribution in [1.82, 2.24) is 9.97 Å². The van der Waals surface area contributed by atoms with Crippen LogP contribution in [0.25, 0.3) is 11.0 Å². The molecule has 0 bridgehead atoms. The average molecular weight is 312 g/mol. The van der Waals surface area contributed by atoms with Crippen LogP contribution in [0.5, 0.6) is 0 Å². The number of hydrogen-bond acceptors (Lipinski definition) is 2. The van der Waals surface area contributed by atoms with Crippen molar-refractivity contribution in [3.63, 3.8) is 0 Å². The average Bonchev–Trinajstić information content (AvgIpc) is 2.17. The minimum Gasteiger partial charge on any atom is -0.236 e. The molecular formula is C12H13IN2. The molecule has 0 spiro atoms. The molecule has 0 fully saturated rings. The minimum atomic E-state index is 0.638. The van der Waals surface area contributed by atoms with Crippen molar-refractivity contribution >= 4 is 33.6 Å². The molecule has 0 atom stereocenters. The Hall–Kier alpha value is -0.710. The van der Waals surface area contributed by atoms with E-state index >= 15 is 0 Å². The molecule has 0 N–H and O–H groups in total. The third-order valence-electron chi connectivity index (χ3n) is 2.18. The van der Waals surface area contributed by atoms with Crippen LogP contribution in [0, 0.1) is 9.49 Å². The molecule has 0 aliphatic heterocycles. The Morgan fingerprint density at radius 3 is 2.87 bits per heavy atom. The zero-order valence-electron chi connectivity index (χ0n) is 8.87. The number of pyridine rings is 2. The Labute approximate surface area is 103 Å². The summed E-state index contributed by atoms with van der Waals surface area (Å²) in [6.45, 7) is 4.40. The van der Waals surface area contributed by atoms with Crippen LogP contribution in [0.1, 0.15) is 19.5 Å². The molecule has 0 saturated carbocycles. The fraction of sp³-hybridized carbons (Fsp3) is 0.333. The van der Waals surface area contributed by atoms with Gasteiger partial charge in [-0.25, -0.2) is 9.97 Å². The molecule has 0 saturated heterocycles. The van der Waals surface area contributed by atoms with Crippen molar-refractivity contribution in [3.8, 4) is 0 Å². The highest BCUT2D eigenvalue weighted by Gasteiger charge is 2.02. The van der Waals surface area contributed by atoms with Gasteiger partial charge in [-0.05, 0) is 53.1 Å². The van der Waals surface area contributed by atoms with Gasteiger partial charge in [-0.2, -0.15) is 0 Å². The first kappa shape index (κ1) is 10.8. The van der Waals surface area contributed by atoms with Gasteiger partial charge in [0.15, 0.2) is 5.65 Å². The third kappa shape index (κ3) is 2.65. The van der Waals surface area contributed by atoms with Gasteiger partial charge in [0, 0.05) is 20.8 Å². The van der Waals surface area contributed by atoms with E-state index in [1.165, 1.54) is 0 Å². The lowest BCUT2D eigenvalue weighted by atomic mass is 10.1. The van der Waals surface area contributed by atoms with Crippen molar-refractivity contribution < 1.29 is 0 Å². The van der Waals surface area contributed by atoms with Crippen molar-refractivity contribution in [3.05, 3.63) is 33.7 Å². The summed E-state index contributed by atoms with van der Waals surface area (Å²) in [6.07, 6.45) is 2.87. The number of fused-ring (bicyclic) bond motifs is 1. The van der Waals surface area contributed by atoms with Crippen LogP contribution in [0.4, 0.5) is 0 Å². The first-order valence-corrected chi connectivity index (χ1v) is 6.14. The van der Waals surface area contributed by atoms with Crippen LogP contribution in [0.2, 0.25) is 0 Å². The first-order valence-electron chi connectivity index (χ1n) is 5.06. The lowest BCUT2D eigenvalue weighted by Crippen LogP contribution is -1.98. The summed E-state index contributed by atoms with van der Waals surface area (Å²) in [4.78, 5) is 8.87. The van der Waals surface area contributed by atoms with Crippen LogP contribution in [0.15, 0.2) is 24.4 Å². The van der Waals surface area contributed by atoms with E-state index in [9.17, 15) is 0 Å². The molecule has 3 heteroatoms. The standard InChI is InChI=1S/C12H13IN2/c1-8(2)5-11-4-3-9-6-10(13)7-14-12(9)15-11/h3-4,6-8H,5H2,1-2H3. The van der Waals surface area contributed by atoms with Gasteiger partial charge in [-0.1, -0.05) is 13.8 Å². The highest BCUT2D eigenvalue weighted by Crippen LogP contribution is 2.15. The Kier molecular flexibility index (Phi) is 3.19. The van der Waals surface area contributed by atoms with Crippen molar-refractivity contribution in [2.75, 3.05) is 0 Å². The van der Waals surface area contributed by atoms with Gasteiger partial charge in [-0.3, -0.25) is 0 Å². The second-order valence-electron chi connectivity index (χ2n) is 4.10. The number of hydrogen-bond donors (Lipinski definition) is 0. The van der Waals surface area contributed by atoms with E-state index in [1.54, 1.807) is 0 Å². The molecule has 2 heterocycles. The van der Waals surface area contributed by atoms with Crippen molar-refractivity contribution in [2.45, 2.75) is 20.3 Å². The molecule has 2 rings (SSSR count). The first-order chi connectivity index (χ1) is 7.15. The second kappa shape index (κ2) is 4.43. The molecule has 0 amide bonds. The summed E-state index contributed by atoms with van der Waals surface area (Å²) in [5.41, 5.74) is 1.99. The number of aromatic nitrogens is 2. The van der Waals surface area contributed by atoms with Crippen LogP contribution < -0.4 is 0 Å². The molecule has 0 aliphatic rings. The van der Waals surface area contributed by atoms with Crippen LogP contribution in [0.3, 0.4) is 0 Å². The van der Waals surface area contributed by atoms with Gasteiger partial charge >= 0.3 is 0 Å². The summed E-state index contributed by atoms with van der Waals surface area (Å²) in [5.74, 6) is 0.638. The van der Waals surface area contributed by atoms with Crippen molar-refractivity contribution in [2.24, 2.45) is 5.92 Å². The minimum absolute atomic E-state index is 0.638. The van der Waals surface area contributed by atoms with Gasteiger partial charge in [0.05, 0.1) is 0 Å². The largest absolute Gasteiger partial charge is 0.236 e. The van der Waals surface area contributed by atoms with Gasteiger partial charge in [0.2, 0.25) is 0 Å². The maximum Gasteiger partial charge on any atom is 0.159 e. The summed E-state index contributed by atoms with van der Waals surface area (Å²) in [7, 11) is 0. The fourth-order valence-corrected chi connectivity index (χ4v) is 2.03. The summed E-state index contributed by atoms with van der Waals surface area (Å²) in [6, 6.07) is 6.31. The normalized spacial score (nSPS) is 11.2. The zero-order chi connectivity index (χ0) is 10.8. The third-order valence-corrected chi connectivity index (χ3v) is 2.77. The molecular weight excluding hydrogens is 299 g/mol. The highest BCUT2D eigenvalue weighted by molar-refractivity contribution is 14.1. The van der Waals surface area contributed by atoms with E-state index in [-0.39, 0.29) is 0 Å². The number of nitrogens with zero attached hydrogens (tertiary/aromatic N) is 2. The predicted molar refractivity (Wildman–Crippen MR) is 70.8 cm³/mol. The van der Waals surface area contributed by atoms with E-state index < -0.39 is 0 Å². The predicted octanol–water partition coefficient (Wildman–Crippen LogP) is 3.43. The zero-order valence-corrected chi connectivity index (χ0v) is 11.0. The van der Waals surface area contributed by atoms with Crippen molar-refractivity contribution in [1.29, 1.82) is 0 Å². The maximum atomic E-state index is 4.54. The van der Waals surface area contributed by atoms with Crippen LogP contribution in [-0.2, 0) is 6.42 Å². The number of rotatable bonds is 2. The smallest absolute Gasteiger partial charge is 0.159 e. The summed E-state index contributed by atoms with van der Waals surface area (Å²) in [5, 5.41) is 1.12. The van der Waals surface area contributed by atoms with Gasteiger partial charge in [-0.15, -0.1) is 0 Å². The molecule has 2 aromatic rings. The SMILES string of the molecule is CC(C)Cc1ccc2cc(I)cnc2n1. The van der Waals surface area contributed by atoms with E-state index in [0.717, 1.165) is 26.7 Å². The van der Waals surface area contributed by atoms with E-state index in [0.29, 0.717) is 5.92 Å². The Balaban J connectivity index is 2.43. The molecule has 2 nitrogen and oxygen atoms in total. The molecule has 78 valence electrons. The van der Waals surface area contributed by atoms with Crippen LogP contribution >= 0.6 is 22.6 Å². The topological polar surface area (TPSA) is 25.8 Å². The van der Waals surface area contributed by atoms with Gasteiger partial charge in [0.1, 0.15) is 0 Å². The summed E-state index contributed by atoms with van der Waals surface area (Å²) < 4.78 is 1.15. The maximum absolute atomic E-state index is 4.54. The molecule has 0 radical (unpaired) electrons. The molecule has 2 aromatic heterocycles. The lowest BCUT2D eigenvalue weighted by Gasteiger charge is -2.05. The molecule has 0 aliphatic carbocycles. The quantitative estimate of drug-likeness (QED) is 0.794. The monoisotopic (exact) mass is 312 g/mol. The van der Waals surface area contributed by atoms with E-state index in [2.05, 4.69) is 64.6 Å². The molecule has 15 heavy (non-hydrogen) atoms. The van der Waals surface area contributed by atoms with Gasteiger partial charge < -0.3 is 0 Å². The summed E-state index contributed by atoms with van der Waals surface area (Å²) >= 11 is 2.27. The Morgan fingerprint density at radius 1 is 1.33 bits per heavy atom. The van der Waals surface area contributed by atoms with Crippen LogP contribution in [-0.4, -0.2) is 9.97 Å². The fourth-order valence-electron chi connectivity index (χ4n) is 1.56.